The molecule has 0 radical (unpaired) electrons. The number of carbonyl (C=O) groups excluding carboxylic acids is 2. The van der Waals surface area contributed by atoms with Gasteiger partial charge in [0.1, 0.15) is 5.78 Å². The summed E-state index contributed by atoms with van der Waals surface area (Å²) < 4.78 is 29.0. The Morgan fingerprint density at radius 1 is 1.40 bits per heavy atom. The zero-order valence-electron chi connectivity index (χ0n) is 8.94. The predicted octanol–water partition coefficient (Wildman–Crippen LogP) is -0.554. The average molecular weight is 237 g/mol. The number of Topliss-reactive ketones (excluding diaryl/α,β-unsaturated/α-hetero) is 1. The summed E-state index contributed by atoms with van der Waals surface area (Å²) in [6, 6.07) is -0.771. The molecule has 0 aromatic carbocycles. The molecule has 0 aliphatic heterocycles. The van der Waals surface area contributed by atoms with Crippen LogP contribution in [-0.2, 0) is 24.3 Å². The van der Waals surface area contributed by atoms with E-state index in [0.29, 0.717) is 0 Å². The van der Waals surface area contributed by atoms with Crippen molar-refractivity contribution in [1.29, 1.82) is 0 Å². The average Bonchev–Trinajstić information content (AvgIpc) is 2.13. The van der Waals surface area contributed by atoms with Crippen molar-refractivity contribution >= 4 is 21.8 Å². The number of hydrogen-bond donors (Lipinski definition) is 1. The summed E-state index contributed by atoms with van der Waals surface area (Å²) in [6.45, 7) is 2.73. The van der Waals surface area contributed by atoms with Crippen LogP contribution in [0.4, 0.5) is 0 Å². The number of esters is 1. The van der Waals surface area contributed by atoms with E-state index in [1.807, 2.05) is 0 Å². The van der Waals surface area contributed by atoms with E-state index in [4.69, 9.17) is 0 Å². The van der Waals surface area contributed by atoms with Gasteiger partial charge < -0.3 is 4.74 Å². The third-order valence-electron chi connectivity index (χ3n) is 1.77. The predicted molar refractivity (Wildman–Crippen MR) is 53.7 cm³/mol. The first-order valence-electron chi connectivity index (χ1n) is 4.36. The molecule has 0 spiro atoms. The van der Waals surface area contributed by atoms with Gasteiger partial charge in [-0.1, -0.05) is 0 Å². The van der Waals surface area contributed by atoms with E-state index in [-0.39, 0.29) is 18.0 Å². The fourth-order valence-electron chi connectivity index (χ4n) is 0.731. The number of carbonyl (C=O) groups is 2. The van der Waals surface area contributed by atoms with Crippen LogP contribution < -0.4 is 4.72 Å². The number of nitrogens with one attached hydrogen (secondary N) is 1. The minimum absolute atomic E-state index is 0.226. The van der Waals surface area contributed by atoms with Crippen LogP contribution in [0.3, 0.4) is 0 Å². The highest BCUT2D eigenvalue weighted by Gasteiger charge is 2.18. The quantitative estimate of drug-likeness (QED) is 0.626. The monoisotopic (exact) mass is 237 g/mol. The zero-order chi connectivity index (χ0) is 12.1. The minimum atomic E-state index is -3.60. The lowest BCUT2D eigenvalue weighted by atomic mass is 10.3. The Bertz CT molecular complexity index is 335. The molecule has 88 valence electrons. The van der Waals surface area contributed by atoms with Crippen molar-refractivity contribution in [2.45, 2.75) is 26.3 Å². The highest BCUT2D eigenvalue weighted by molar-refractivity contribution is 7.89. The second kappa shape index (κ2) is 5.82. The van der Waals surface area contributed by atoms with Crippen molar-refractivity contribution in [2.75, 3.05) is 12.9 Å². The fraction of sp³-hybridized carbons (Fsp3) is 0.750. The molecule has 0 amide bonds. The van der Waals surface area contributed by atoms with Crippen molar-refractivity contribution in [3.05, 3.63) is 0 Å². The molecule has 6 nitrogen and oxygen atoms in total. The molecule has 0 fully saturated rings. The van der Waals surface area contributed by atoms with Gasteiger partial charge in [-0.15, -0.1) is 0 Å². The molecule has 0 rings (SSSR count). The molecule has 0 bridgehead atoms. The summed E-state index contributed by atoms with van der Waals surface area (Å²) in [5.74, 6) is -1.26. The van der Waals surface area contributed by atoms with Gasteiger partial charge in [0.2, 0.25) is 10.0 Å². The number of hydrogen-bond acceptors (Lipinski definition) is 5. The molecule has 1 atom stereocenters. The van der Waals surface area contributed by atoms with E-state index in [0.717, 1.165) is 0 Å². The summed E-state index contributed by atoms with van der Waals surface area (Å²) in [4.78, 5) is 21.5. The lowest BCUT2D eigenvalue weighted by Crippen LogP contribution is -2.39. The van der Waals surface area contributed by atoms with E-state index < -0.39 is 22.0 Å². The molecule has 1 unspecified atom stereocenters. The van der Waals surface area contributed by atoms with Gasteiger partial charge in [0.15, 0.2) is 0 Å². The van der Waals surface area contributed by atoms with Crippen LogP contribution in [0.1, 0.15) is 20.3 Å². The molecular weight excluding hydrogens is 222 g/mol. The van der Waals surface area contributed by atoms with Gasteiger partial charge in [-0.25, -0.2) is 13.1 Å². The molecular formula is C8H15NO5S. The Hall–Kier alpha value is -0.950. The normalized spacial score (nSPS) is 13.3. The Morgan fingerprint density at radius 2 is 1.93 bits per heavy atom. The highest BCUT2D eigenvalue weighted by Crippen LogP contribution is 1.95. The number of rotatable bonds is 6. The zero-order valence-corrected chi connectivity index (χ0v) is 9.76. The molecule has 0 saturated heterocycles. The molecule has 0 aromatic rings. The van der Waals surface area contributed by atoms with Gasteiger partial charge >= 0.3 is 5.97 Å². The van der Waals surface area contributed by atoms with Crippen LogP contribution in [0, 0.1) is 0 Å². The lowest BCUT2D eigenvalue weighted by Gasteiger charge is -2.10. The van der Waals surface area contributed by atoms with Crippen LogP contribution in [0.15, 0.2) is 0 Å². The van der Waals surface area contributed by atoms with Crippen molar-refractivity contribution in [2.24, 2.45) is 0 Å². The van der Waals surface area contributed by atoms with Crippen LogP contribution >= 0.6 is 0 Å². The first-order valence-corrected chi connectivity index (χ1v) is 6.01. The maximum absolute atomic E-state index is 11.3. The van der Waals surface area contributed by atoms with Crippen LogP contribution in [0.25, 0.3) is 0 Å². The smallest absolute Gasteiger partial charge is 0.306 e. The SMILES string of the molecule is COC(=O)CCS(=O)(=O)NC(C)C(C)=O. The number of sulfonamides is 1. The third-order valence-corrected chi connectivity index (χ3v) is 3.22. The molecule has 0 heterocycles. The molecule has 0 saturated carbocycles. The van der Waals surface area contributed by atoms with Gasteiger partial charge in [0.05, 0.1) is 25.3 Å². The topological polar surface area (TPSA) is 89.5 Å². The first-order chi connectivity index (χ1) is 6.78. The molecule has 0 aromatic heterocycles. The maximum atomic E-state index is 11.3. The van der Waals surface area contributed by atoms with E-state index >= 15 is 0 Å². The number of ketones is 1. The van der Waals surface area contributed by atoms with Crippen LogP contribution in [0.5, 0.6) is 0 Å². The molecule has 7 heteroatoms. The highest BCUT2D eigenvalue weighted by atomic mass is 32.2. The maximum Gasteiger partial charge on any atom is 0.306 e. The Kier molecular flexibility index (Phi) is 5.45. The standard InChI is InChI=1S/C8H15NO5S/c1-6(7(2)10)9-15(12,13)5-4-8(11)14-3/h6,9H,4-5H2,1-3H3. The van der Waals surface area contributed by atoms with Gasteiger partial charge in [0.25, 0.3) is 0 Å². The third kappa shape index (κ3) is 6.19. The van der Waals surface area contributed by atoms with Crippen molar-refractivity contribution in [3.63, 3.8) is 0 Å². The Labute approximate surface area is 89.0 Å². The van der Waals surface area contributed by atoms with Crippen molar-refractivity contribution < 1.29 is 22.7 Å². The Morgan fingerprint density at radius 3 is 2.33 bits per heavy atom. The van der Waals surface area contributed by atoms with Gasteiger partial charge in [0, 0.05) is 0 Å². The van der Waals surface area contributed by atoms with E-state index in [1.165, 1.54) is 21.0 Å². The Balaban J connectivity index is 4.20. The van der Waals surface area contributed by atoms with Crippen LogP contribution in [0.2, 0.25) is 0 Å². The number of ether oxygens (including phenoxy) is 1. The van der Waals surface area contributed by atoms with Crippen LogP contribution in [-0.4, -0.2) is 39.1 Å². The van der Waals surface area contributed by atoms with Gasteiger partial charge in [-0.2, -0.15) is 0 Å². The minimum Gasteiger partial charge on any atom is -0.469 e. The first kappa shape index (κ1) is 14.1. The summed E-state index contributed by atoms with van der Waals surface area (Å²) in [5.41, 5.74) is 0. The second-order valence-corrected chi connectivity index (χ2v) is 4.97. The second-order valence-electron chi connectivity index (χ2n) is 3.10. The number of methoxy groups -OCH3 is 1. The van der Waals surface area contributed by atoms with Gasteiger partial charge in [-0.3, -0.25) is 9.59 Å². The van der Waals surface area contributed by atoms with E-state index in [2.05, 4.69) is 9.46 Å². The fourth-order valence-corrected chi connectivity index (χ4v) is 1.99. The van der Waals surface area contributed by atoms with E-state index in [1.54, 1.807) is 0 Å². The molecule has 0 aliphatic rings. The van der Waals surface area contributed by atoms with Gasteiger partial charge in [-0.05, 0) is 13.8 Å². The summed E-state index contributed by atoms with van der Waals surface area (Å²) in [5, 5.41) is 0. The van der Waals surface area contributed by atoms with Crippen molar-refractivity contribution in [1.82, 2.24) is 4.72 Å². The summed E-state index contributed by atoms with van der Waals surface area (Å²) >= 11 is 0. The lowest BCUT2D eigenvalue weighted by molar-refractivity contribution is -0.140. The molecule has 15 heavy (non-hydrogen) atoms. The molecule has 0 aliphatic carbocycles. The summed E-state index contributed by atoms with van der Waals surface area (Å²) in [6.07, 6.45) is -0.226. The van der Waals surface area contributed by atoms with Crippen molar-refractivity contribution in [3.8, 4) is 0 Å². The largest absolute Gasteiger partial charge is 0.469 e. The molecule has 1 N–H and O–H groups in total. The van der Waals surface area contributed by atoms with E-state index in [9.17, 15) is 18.0 Å². The summed E-state index contributed by atoms with van der Waals surface area (Å²) in [7, 11) is -2.42.